The van der Waals surface area contributed by atoms with Gasteiger partial charge in [-0.3, -0.25) is 0 Å². The van der Waals surface area contributed by atoms with Crippen LogP contribution in [-0.2, 0) is 41.8 Å². The lowest BCUT2D eigenvalue weighted by molar-refractivity contribution is -0.132. The lowest BCUT2D eigenvalue weighted by Crippen LogP contribution is -2.71. The van der Waals surface area contributed by atoms with Crippen molar-refractivity contribution in [1.29, 1.82) is 0 Å². The molecule has 49 heavy (non-hydrogen) atoms. The van der Waals surface area contributed by atoms with Gasteiger partial charge in [0.05, 0.1) is 0 Å². The summed E-state index contributed by atoms with van der Waals surface area (Å²) in [7, 11) is -27.9. The van der Waals surface area contributed by atoms with Gasteiger partial charge in [-0.05, 0) is 138 Å². The second-order valence-electron chi connectivity index (χ2n) is 18.9. The van der Waals surface area contributed by atoms with Gasteiger partial charge in [-0.15, -0.1) is 0 Å². The predicted molar refractivity (Wildman–Crippen MR) is 226 cm³/mol. The minimum atomic E-state index is -4.01. The van der Waals surface area contributed by atoms with Gasteiger partial charge in [-0.2, -0.15) is 0 Å². The quantitative estimate of drug-likeness (QED) is 0.0601. The van der Waals surface area contributed by atoms with E-state index in [1.54, 1.807) is 13.0 Å². The van der Waals surface area contributed by atoms with E-state index in [-0.39, 0.29) is 5.57 Å². The summed E-state index contributed by atoms with van der Waals surface area (Å²) in [4.78, 5) is 11.7. The second-order valence-corrected chi connectivity index (χ2v) is 58.7. The molecule has 1 N–H and O–H groups in total. The van der Waals surface area contributed by atoms with Gasteiger partial charge >= 0.3 is 41.2 Å². The third-order valence-corrected chi connectivity index (χ3v) is 38.2. The number of aliphatic carboxylic acids is 1. The van der Waals surface area contributed by atoms with Crippen LogP contribution >= 0.6 is 0 Å². The van der Waals surface area contributed by atoms with Gasteiger partial charge < -0.3 is 42.1 Å². The molecular formula is C28H74O11Si10. The zero-order valence-electron chi connectivity index (χ0n) is 35.2. The molecule has 292 valence electrons. The summed E-state index contributed by atoms with van der Waals surface area (Å²) in [5.41, 5.74) is 0.282. The smallest absolute Gasteiger partial charge is 0.478 e. The molecule has 0 unspecified atom stereocenters. The van der Waals surface area contributed by atoms with E-state index < -0.39 is 91.1 Å². The van der Waals surface area contributed by atoms with E-state index in [0.29, 0.717) is 18.9 Å². The molecule has 0 aliphatic heterocycles. The molecule has 0 aromatic heterocycles. The molecule has 0 amide bonds. The molecule has 21 heteroatoms. The van der Waals surface area contributed by atoms with Gasteiger partial charge in [0.1, 0.15) is 0 Å². The zero-order valence-corrected chi connectivity index (χ0v) is 45.2. The highest BCUT2D eigenvalue weighted by atomic mass is 28.6. The van der Waals surface area contributed by atoms with Gasteiger partial charge in [0.2, 0.25) is 0 Å². The van der Waals surface area contributed by atoms with Crippen LogP contribution in [0.2, 0.25) is 144 Å². The van der Waals surface area contributed by atoms with Crippen LogP contribution in [-0.4, -0.2) is 96.2 Å². The normalized spacial score (nSPS) is 15.6. The van der Waals surface area contributed by atoms with Crippen molar-refractivity contribution < 1.29 is 46.9 Å². The van der Waals surface area contributed by atoms with E-state index in [1.165, 1.54) is 0 Å². The van der Waals surface area contributed by atoms with Gasteiger partial charge in [0, 0.05) is 31.3 Å². The van der Waals surface area contributed by atoms with Crippen LogP contribution in [0.15, 0.2) is 11.6 Å². The summed E-state index contributed by atoms with van der Waals surface area (Å²) in [6.45, 7) is 45.8. The molecule has 0 rings (SSSR count). The first-order valence-electron chi connectivity index (χ1n) is 17.4. The molecule has 0 saturated heterocycles. The van der Waals surface area contributed by atoms with Crippen molar-refractivity contribution in [3.63, 3.8) is 0 Å². The van der Waals surface area contributed by atoms with Crippen LogP contribution in [0.5, 0.6) is 0 Å². The number of carboxylic acids is 1. The van der Waals surface area contributed by atoms with Crippen LogP contribution in [0.25, 0.3) is 0 Å². The molecule has 0 aliphatic rings. The topological polar surface area (TPSA) is 120 Å². The lowest BCUT2D eigenvalue weighted by atomic mass is 10.2. The van der Waals surface area contributed by atoms with E-state index in [1.807, 2.05) is 19.6 Å². The molecule has 0 radical (unpaired) electrons. The number of unbranched alkanes of at least 4 members (excludes halogenated alkanes) is 1. The largest absolute Gasteiger partial charge is 0.478 e. The van der Waals surface area contributed by atoms with Crippen molar-refractivity contribution in [3.05, 3.63) is 11.6 Å². The SMILES string of the molecule is CC(=CCCC[Si](O[Si](C)(O[Si](C)(C)C)O[Si](C)(C)C)(O[Si](C)(O[Si](C)(C)C)O[Si](C)(C)C)O[Si](C)(O[Si](C)(C)C)O[Si](C)(C)C)C(=O)O. The fourth-order valence-corrected chi connectivity index (χ4v) is 47.2. The molecule has 11 nitrogen and oxygen atoms in total. The van der Waals surface area contributed by atoms with Crippen molar-refractivity contribution in [2.45, 2.75) is 163 Å². The first-order chi connectivity index (χ1) is 21.2. The Labute approximate surface area is 311 Å². The van der Waals surface area contributed by atoms with Crippen LogP contribution < -0.4 is 0 Å². The maximum atomic E-state index is 11.7. The van der Waals surface area contributed by atoms with Gasteiger partial charge in [-0.25, -0.2) is 4.79 Å². The predicted octanol–water partition coefficient (Wildman–Crippen LogP) is 9.60. The Bertz CT molecular complexity index is 944. The standard InChI is InChI=1S/C28H74O11Si10/c1-27(28(29)30)25-23-24-26-49(37-46(20,31-40(2,3)4)32-41(5,6)7,38-47(21,33-42(8,9)10)34-43(11,12)13)39-48(22,35-44(14,15)16)36-45(17,18)19/h25H,23-24,26H2,1-22H3,(H,29,30). The fourth-order valence-electron chi connectivity index (χ4n) is 5.31. The Kier molecular flexibility index (Phi) is 18.0. The molecule has 0 aliphatic carbocycles. The summed E-state index contributed by atoms with van der Waals surface area (Å²) in [6, 6.07) is 0.336. The molecule has 0 fully saturated rings. The van der Waals surface area contributed by atoms with Crippen LogP contribution in [0.1, 0.15) is 19.8 Å². The second kappa shape index (κ2) is 17.7. The Hall–Kier alpha value is 1.02. The zero-order chi connectivity index (χ0) is 39.3. The van der Waals surface area contributed by atoms with Crippen LogP contribution in [0.3, 0.4) is 0 Å². The maximum Gasteiger partial charge on any atom is 0.478 e. The first kappa shape index (κ1) is 50.0. The molecule has 0 atom stereocenters. The third kappa shape index (κ3) is 24.1. The van der Waals surface area contributed by atoms with E-state index in [0.717, 1.165) is 0 Å². The van der Waals surface area contributed by atoms with Crippen molar-refractivity contribution in [2.24, 2.45) is 0 Å². The number of carboxylic acid groups (broad SMARTS) is 1. The van der Waals surface area contributed by atoms with E-state index in [2.05, 4.69) is 118 Å². The fraction of sp³-hybridized carbons (Fsp3) is 0.893. The van der Waals surface area contributed by atoms with Crippen molar-refractivity contribution >= 4 is 91.1 Å². The number of hydrogen-bond acceptors (Lipinski definition) is 10. The Balaban J connectivity index is 8.01. The molecule has 0 saturated carbocycles. The highest BCUT2D eigenvalue weighted by Gasteiger charge is 2.63. The van der Waals surface area contributed by atoms with Gasteiger partial charge in [0.25, 0.3) is 0 Å². The molecule has 0 spiro atoms. The summed E-state index contributed by atoms with van der Waals surface area (Å²) < 4.78 is 63.8. The average molecular weight is 868 g/mol. The van der Waals surface area contributed by atoms with Gasteiger partial charge in [-0.1, -0.05) is 6.08 Å². The first-order valence-corrected chi connectivity index (χ1v) is 46.5. The summed E-state index contributed by atoms with van der Waals surface area (Å²) in [5.74, 6) is -0.946. The van der Waals surface area contributed by atoms with Crippen molar-refractivity contribution in [3.8, 4) is 0 Å². The number of rotatable bonds is 23. The highest BCUT2D eigenvalue weighted by molar-refractivity contribution is 6.95. The van der Waals surface area contributed by atoms with Gasteiger partial charge in [0.15, 0.2) is 49.9 Å². The average Bonchev–Trinajstić information content (AvgIpc) is 2.66. The Morgan fingerprint density at radius 2 is 0.673 bits per heavy atom. The highest BCUT2D eigenvalue weighted by Crippen LogP contribution is 2.37. The number of hydrogen-bond donors (Lipinski definition) is 1. The van der Waals surface area contributed by atoms with E-state index >= 15 is 0 Å². The maximum absolute atomic E-state index is 11.7. The third-order valence-electron chi connectivity index (χ3n) is 5.45. The van der Waals surface area contributed by atoms with Crippen LogP contribution in [0.4, 0.5) is 0 Å². The molecule has 0 aromatic carbocycles. The summed E-state index contributed by atoms with van der Waals surface area (Å²) in [5, 5.41) is 9.56. The Morgan fingerprint density at radius 3 is 0.857 bits per heavy atom. The molecular weight excluding hydrogens is 793 g/mol. The minimum absolute atomic E-state index is 0.282. The molecule has 0 bridgehead atoms. The lowest BCUT2D eigenvalue weighted by Gasteiger charge is -2.49. The van der Waals surface area contributed by atoms with E-state index in [9.17, 15) is 9.90 Å². The van der Waals surface area contributed by atoms with E-state index in [4.69, 9.17) is 37.0 Å². The van der Waals surface area contributed by atoms with Crippen molar-refractivity contribution in [2.75, 3.05) is 0 Å². The minimum Gasteiger partial charge on any atom is -0.478 e. The molecule has 0 aromatic rings. The van der Waals surface area contributed by atoms with Crippen molar-refractivity contribution in [1.82, 2.24) is 0 Å². The van der Waals surface area contributed by atoms with Crippen LogP contribution in [0, 0.1) is 0 Å². The Morgan fingerprint density at radius 1 is 0.449 bits per heavy atom. The number of carbonyl (C=O) groups is 1. The monoisotopic (exact) mass is 866 g/mol. The molecule has 0 heterocycles. The summed E-state index contributed by atoms with van der Waals surface area (Å²) in [6.07, 6.45) is 2.74. The summed E-state index contributed by atoms with van der Waals surface area (Å²) >= 11 is 0. The number of allylic oxidation sites excluding steroid dienone is 1.